The molecule has 0 amide bonds. The molecule has 0 unspecified atom stereocenters. The lowest BCUT2D eigenvalue weighted by atomic mass is 10.1. The summed E-state index contributed by atoms with van der Waals surface area (Å²) in [5.74, 6) is 1.43. The summed E-state index contributed by atoms with van der Waals surface area (Å²) in [6.07, 6.45) is 3.58. The molecule has 0 saturated heterocycles. The molecule has 1 aromatic rings. The maximum atomic E-state index is 11.5. The first-order valence-corrected chi connectivity index (χ1v) is 6.20. The number of hydrogen-bond acceptors (Lipinski definition) is 3. The molecule has 0 aliphatic carbocycles. The van der Waals surface area contributed by atoms with Crippen LogP contribution >= 0.6 is 0 Å². The van der Waals surface area contributed by atoms with E-state index in [1.165, 1.54) is 0 Å². The van der Waals surface area contributed by atoms with E-state index in [1.54, 1.807) is 13.2 Å². The predicted molar refractivity (Wildman–Crippen MR) is 68.2 cm³/mol. The second-order valence-corrected chi connectivity index (χ2v) is 4.71. The number of aromatic amines is 1. The molecule has 0 bridgehead atoms. The molecule has 0 radical (unpaired) electrons. The fourth-order valence-electron chi connectivity index (χ4n) is 1.63. The number of hydrogen-bond donors (Lipinski definition) is 1. The van der Waals surface area contributed by atoms with E-state index >= 15 is 0 Å². The first-order valence-electron chi connectivity index (χ1n) is 6.20. The van der Waals surface area contributed by atoms with E-state index in [-0.39, 0.29) is 5.56 Å². The van der Waals surface area contributed by atoms with Gasteiger partial charge in [-0.2, -0.15) is 0 Å². The summed E-state index contributed by atoms with van der Waals surface area (Å²) in [5.41, 5.74) is 0.815. The monoisotopic (exact) mass is 238 g/mol. The summed E-state index contributed by atoms with van der Waals surface area (Å²) in [5, 5.41) is 0. The van der Waals surface area contributed by atoms with Crippen LogP contribution in [0.4, 0.5) is 0 Å². The lowest BCUT2D eigenvalue weighted by molar-refractivity contribution is 0.195. The number of aryl methyl sites for hydroxylation is 2. The van der Waals surface area contributed by atoms with Gasteiger partial charge in [-0.25, -0.2) is 4.98 Å². The van der Waals surface area contributed by atoms with Crippen LogP contribution in [0.15, 0.2) is 10.9 Å². The van der Waals surface area contributed by atoms with Crippen molar-refractivity contribution in [3.8, 4) is 0 Å². The highest BCUT2D eigenvalue weighted by Gasteiger charge is 2.03. The molecule has 1 rings (SSSR count). The second-order valence-electron chi connectivity index (χ2n) is 4.71. The molecular weight excluding hydrogens is 216 g/mol. The van der Waals surface area contributed by atoms with Gasteiger partial charge in [-0.05, 0) is 25.2 Å². The van der Waals surface area contributed by atoms with Gasteiger partial charge in [-0.15, -0.1) is 0 Å². The Balaban J connectivity index is 2.62. The SMILES string of the molecule is COCCCc1cc(=O)[nH]c(CCC(C)C)n1. The van der Waals surface area contributed by atoms with Crippen LogP contribution in [0.25, 0.3) is 0 Å². The highest BCUT2D eigenvalue weighted by Crippen LogP contribution is 2.05. The molecule has 4 heteroatoms. The third-order valence-corrected chi connectivity index (χ3v) is 2.58. The summed E-state index contributed by atoms with van der Waals surface area (Å²) in [6.45, 7) is 5.04. The van der Waals surface area contributed by atoms with Gasteiger partial charge in [-0.3, -0.25) is 4.79 Å². The van der Waals surface area contributed by atoms with Gasteiger partial charge in [0.05, 0.1) is 0 Å². The molecule has 1 heterocycles. The molecular formula is C13H22N2O2. The molecule has 96 valence electrons. The zero-order valence-electron chi connectivity index (χ0n) is 11.0. The van der Waals surface area contributed by atoms with Crippen molar-refractivity contribution in [2.45, 2.75) is 39.5 Å². The second kappa shape index (κ2) is 7.22. The fraction of sp³-hybridized carbons (Fsp3) is 0.692. The minimum absolute atomic E-state index is 0.0498. The quantitative estimate of drug-likeness (QED) is 0.739. The maximum Gasteiger partial charge on any atom is 0.251 e. The van der Waals surface area contributed by atoms with Gasteiger partial charge < -0.3 is 9.72 Å². The summed E-state index contributed by atoms with van der Waals surface area (Å²) >= 11 is 0. The van der Waals surface area contributed by atoms with Crippen molar-refractivity contribution in [1.29, 1.82) is 0 Å². The van der Waals surface area contributed by atoms with Gasteiger partial charge in [-0.1, -0.05) is 13.8 Å². The van der Waals surface area contributed by atoms with Crippen LogP contribution in [-0.4, -0.2) is 23.7 Å². The number of aromatic nitrogens is 2. The fourth-order valence-corrected chi connectivity index (χ4v) is 1.63. The summed E-state index contributed by atoms with van der Waals surface area (Å²) < 4.78 is 4.99. The van der Waals surface area contributed by atoms with Crippen molar-refractivity contribution in [3.05, 3.63) is 27.9 Å². The zero-order chi connectivity index (χ0) is 12.7. The molecule has 0 saturated carbocycles. The van der Waals surface area contributed by atoms with Gasteiger partial charge in [0.25, 0.3) is 5.56 Å². The van der Waals surface area contributed by atoms with Gasteiger partial charge in [0.15, 0.2) is 0 Å². The van der Waals surface area contributed by atoms with Crippen LogP contribution in [0.1, 0.15) is 38.2 Å². The highest BCUT2D eigenvalue weighted by molar-refractivity contribution is 5.03. The van der Waals surface area contributed by atoms with Crippen LogP contribution in [-0.2, 0) is 17.6 Å². The first kappa shape index (κ1) is 13.9. The Hall–Kier alpha value is -1.16. The Kier molecular flexibility index (Phi) is 5.91. The van der Waals surface area contributed by atoms with Crippen LogP contribution < -0.4 is 5.56 Å². The van der Waals surface area contributed by atoms with E-state index in [1.807, 2.05) is 0 Å². The number of nitrogens with one attached hydrogen (secondary N) is 1. The van der Waals surface area contributed by atoms with E-state index in [4.69, 9.17) is 4.74 Å². The van der Waals surface area contributed by atoms with E-state index in [0.717, 1.165) is 37.2 Å². The van der Waals surface area contributed by atoms with E-state index < -0.39 is 0 Å². The molecule has 0 fully saturated rings. The van der Waals surface area contributed by atoms with Crippen molar-refractivity contribution in [2.75, 3.05) is 13.7 Å². The van der Waals surface area contributed by atoms with Gasteiger partial charge in [0, 0.05) is 31.9 Å². The standard InChI is InChI=1S/C13H22N2O2/c1-10(2)6-7-12-14-11(5-4-8-17-3)9-13(16)15-12/h9-10H,4-8H2,1-3H3,(H,14,15,16). The summed E-state index contributed by atoms with van der Waals surface area (Å²) in [4.78, 5) is 18.7. The molecule has 0 atom stereocenters. The summed E-state index contributed by atoms with van der Waals surface area (Å²) in [6, 6.07) is 1.58. The molecule has 1 aromatic heterocycles. The molecule has 0 aromatic carbocycles. The summed E-state index contributed by atoms with van der Waals surface area (Å²) in [7, 11) is 1.68. The van der Waals surface area contributed by atoms with E-state index in [0.29, 0.717) is 12.5 Å². The molecule has 4 nitrogen and oxygen atoms in total. The Morgan fingerprint density at radius 2 is 2.18 bits per heavy atom. The lowest BCUT2D eigenvalue weighted by Crippen LogP contribution is -2.13. The van der Waals surface area contributed by atoms with Crippen molar-refractivity contribution in [3.63, 3.8) is 0 Å². The number of methoxy groups -OCH3 is 1. The van der Waals surface area contributed by atoms with Crippen molar-refractivity contribution in [2.24, 2.45) is 5.92 Å². The minimum Gasteiger partial charge on any atom is -0.385 e. The van der Waals surface area contributed by atoms with E-state index in [9.17, 15) is 4.79 Å². The molecule has 0 spiro atoms. The molecule has 0 aliphatic rings. The first-order chi connectivity index (χ1) is 8.11. The Labute approximate surface area is 102 Å². The lowest BCUT2D eigenvalue weighted by Gasteiger charge is -2.06. The highest BCUT2D eigenvalue weighted by atomic mass is 16.5. The van der Waals surface area contributed by atoms with Crippen LogP contribution in [0, 0.1) is 5.92 Å². The third kappa shape index (κ3) is 5.63. The topological polar surface area (TPSA) is 55.0 Å². The van der Waals surface area contributed by atoms with Crippen molar-refractivity contribution < 1.29 is 4.74 Å². The van der Waals surface area contributed by atoms with Gasteiger partial charge in [0.1, 0.15) is 5.82 Å². The van der Waals surface area contributed by atoms with Crippen molar-refractivity contribution in [1.82, 2.24) is 9.97 Å². The number of nitrogens with zero attached hydrogens (tertiary/aromatic N) is 1. The average Bonchev–Trinajstić information content (AvgIpc) is 2.26. The Bertz CT molecular complexity index is 385. The molecule has 0 aliphatic heterocycles. The van der Waals surface area contributed by atoms with Gasteiger partial charge >= 0.3 is 0 Å². The minimum atomic E-state index is -0.0498. The number of rotatable bonds is 7. The molecule has 17 heavy (non-hydrogen) atoms. The number of H-pyrrole nitrogens is 1. The normalized spacial score (nSPS) is 11.1. The number of ether oxygens (including phenoxy) is 1. The van der Waals surface area contributed by atoms with Gasteiger partial charge in [0.2, 0.25) is 0 Å². The zero-order valence-corrected chi connectivity index (χ0v) is 11.0. The maximum absolute atomic E-state index is 11.5. The Morgan fingerprint density at radius 1 is 1.41 bits per heavy atom. The van der Waals surface area contributed by atoms with E-state index in [2.05, 4.69) is 23.8 Å². The smallest absolute Gasteiger partial charge is 0.251 e. The average molecular weight is 238 g/mol. The van der Waals surface area contributed by atoms with Crippen LogP contribution in [0.3, 0.4) is 0 Å². The molecule has 1 N–H and O–H groups in total. The Morgan fingerprint density at radius 3 is 2.82 bits per heavy atom. The predicted octanol–water partition coefficient (Wildman–Crippen LogP) is 1.94. The third-order valence-electron chi connectivity index (χ3n) is 2.58. The van der Waals surface area contributed by atoms with Crippen LogP contribution in [0.5, 0.6) is 0 Å². The largest absolute Gasteiger partial charge is 0.385 e. The van der Waals surface area contributed by atoms with Crippen molar-refractivity contribution >= 4 is 0 Å². The van der Waals surface area contributed by atoms with Crippen LogP contribution in [0.2, 0.25) is 0 Å².